The molecule has 3 rings (SSSR count). The number of esters is 1. The van der Waals surface area contributed by atoms with Crippen molar-refractivity contribution in [3.63, 3.8) is 0 Å². The molecule has 2 heterocycles. The van der Waals surface area contributed by atoms with E-state index < -0.39 is 0 Å². The molecule has 1 saturated carbocycles. The fourth-order valence-electron chi connectivity index (χ4n) is 2.49. The van der Waals surface area contributed by atoms with E-state index in [0.29, 0.717) is 12.1 Å². The Morgan fingerprint density at radius 3 is 3.11 bits per heavy atom. The number of nitrogens with zero attached hydrogens (tertiary/aromatic N) is 2. The molecule has 2 N–H and O–H groups in total. The molecule has 0 spiro atoms. The van der Waals surface area contributed by atoms with Crippen molar-refractivity contribution in [1.82, 2.24) is 0 Å². The van der Waals surface area contributed by atoms with Gasteiger partial charge in [0.1, 0.15) is 11.8 Å². The summed E-state index contributed by atoms with van der Waals surface area (Å²) in [5.41, 5.74) is 7.37. The third-order valence-electron chi connectivity index (χ3n) is 3.54. The molecule has 2 aliphatic rings. The Morgan fingerprint density at radius 1 is 1.53 bits per heavy atom. The van der Waals surface area contributed by atoms with Crippen molar-refractivity contribution in [2.75, 3.05) is 11.6 Å². The lowest BCUT2D eigenvalue weighted by Crippen LogP contribution is -2.24. The van der Waals surface area contributed by atoms with Crippen molar-refractivity contribution >= 4 is 28.7 Å². The summed E-state index contributed by atoms with van der Waals surface area (Å²) in [4.78, 5) is 12.0. The van der Waals surface area contributed by atoms with Gasteiger partial charge in [-0.25, -0.2) is 4.79 Å². The molecule has 5 nitrogen and oxygen atoms in total. The van der Waals surface area contributed by atoms with Crippen molar-refractivity contribution in [3.05, 3.63) is 16.8 Å². The highest BCUT2D eigenvalue weighted by Crippen LogP contribution is 2.24. The minimum atomic E-state index is -0.281. The second-order valence-electron chi connectivity index (χ2n) is 5.00. The first-order chi connectivity index (χ1) is 9.22. The van der Waals surface area contributed by atoms with Crippen LogP contribution in [0.3, 0.4) is 0 Å². The van der Waals surface area contributed by atoms with Gasteiger partial charge in [-0.2, -0.15) is 16.4 Å². The van der Waals surface area contributed by atoms with E-state index >= 15 is 0 Å². The molecule has 1 aromatic rings. The summed E-state index contributed by atoms with van der Waals surface area (Å²) >= 11 is 1.62. The highest BCUT2D eigenvalue weighted by Gasteiger charge is 2.29. The van der Waals surface area contributed by atoms with Gasteiger partial charge in [-0.3, -0.25) is 5.01 Å². The van der Waals surface area contributed by atoms with Gasteiger partial charge in [0.25, 0.3) is 0 Å². The standard InChI is InChI=1S/C13H17N3O2S/c14-9-1-2-11(7-9)18-13(17)12-3-5-16(15-12)10-4-6-19-8-10/h4,6,8-9,11H,1-3,5,7,14H2/t9-,11-/m0/s1. The zero-order valence-electron chi connectivity index (χ0n) is 10.6. The van der Waals surface area contributed by atoms with Crippen LogP contribution in [0.5, 0.6) is 0 Å². The first-order valence-electron chi connectivity index (χ1n) is 6.56. The van der Waals surface area contributed by atoms with Gasteiger partial charge in [-0.05, 0) is 30.7 Å². The number of ether oxygens (including phenoxy) is 1. The first-order valence-corrected chi connectivity index (χ1v) is 7.50. The largest absolute Gasteiger partial charge is 0.458 e. The minimum Gasteiger partial charge on any atom is -0.458 e. The number of rotatable bonds is 3. The van der Waals surface area contributed by atoms with Crippen LogP contribution in [0, 0.1) is 0 Å². The van der Waals surface area contributed by atoms with Gasteiger partial charge < -0.3 is 10.5 Å². The van der Waals surface area contributed by atoms with Crippen molar-refractivity contribution in [3.8, 4) is 0 Å². The Balaban J connectivity index is 1.60. The van der Waals surface area contributed by atoms with Gasteiger partial charge in [0.15, 0.2) is 0 Å². The monoisotopic (exact) mass is 279 g/mol. The van der Waals surface area contributed by atoms with E-state index in [1.54, 1.807) is 11.3 Å². The average molecular weight is 279 g/mol. The molecule has 0 radical (unpaired) electrons. The molecule has 0 bridgehead atoms. The van der Waals surface area contributed by atoms with Crippen LogP contribution < -0.4 is 10.7 Å². The Hall–Kier alpha value is -1.40. The summed E-state index contributed by atoms with van der Waals surface area (Å²) in [6.45, 7) is 0.741. The molecule has 1 aliphatic carbocycles. The third-order valence-corrected chi connectivity index (χ3v) is 4.21. The number of thiophene rings is 1. The summed E-state index contributed by atoms with van der Waals surface area (Å²) in [6, 6.07) is 2.17. The van der Waals surface area contributed by atoms with Crippen LogP contribution in [0.4, 0.5) is 5.69 Å². The van der Waals surface area contributed by atoms with Gasteiger partial charge in [0.05, 0.1) is 5.69 Å². The van der Waals surface area contributed by atoms with Crippen LogP contribution >= 0.6 is 11.3 Å². The number of hydrogen-bond donors (Lipinski definition) is 1. The lowest BCUT2D eigenvalue weighted by Gasteiger charge is -2.11. The van der Waals surface area contributed by atoms with Crippen molar-refractivity contribution < 1.29 is 9.53 Å². The van der Waals surface area contributed by atoms with Crippen LogP contribution in [0.15, 0.2) is 21.9 Å². The molecule has 6 heteroatoms. The third kappa shape index (κ3) is 2.79. The number of carbonyl (C=O) groups excluding carboxylic acids is 1. The summed E-state index contributed by atoms with van der Waals surface area (Å²) in [6.07, 6.45) is 3.20. The molecular weight excluding hydrogens is 262 g/mol. The van der Waals surface area contributed by atoms with Gasteiger partial charge in [0, 0.05) is 24.4 Å². The first kappa shape index (κ1) is 12.6. The van der Waals surface area contributed by atoms with Gasteiger partial charge in [-0.15, -0.1) is 0 Å². The van der Waals surface area contributed by atoms with Gasteiger partial charge >= 0.3 is 5.97 Å². The van der Waals surface area contributed by atoms with E-state index in [1.807, 2.05) is 21.8 Å². The second kappa shape index (κ2) is 5.30. The smallest absolute Gasteiger partial charge is 0.354 e. The molecule has 1 fully saturated rings. The maximum Gasteiger partial charge on any atom is 0.354 e. The Bertz CT molecular complexity index is 486. The molecule has 19 heavy (non-hydrogen) atoms. The van der Waals surface area contributed by atoms with E-state index in [-0.39, 0.29) is 18.1 Å². The molecule has 0 saturated heterocycles. The molecule has 1 aliphatic heterocycles. The molecule has 0 aromatic carbocycles. The summed E-state index contributed by atoms with van der Waals surface area (Å²) in [5, 5.41) is 10.2. The summed E-state index contributed by atoms with van der Waals surface area (Å²) in [5.74, 6) is -0.281. The molecule has 102 valence electrons. The quantitative estimate of drug-likeness (QED) is 0.856. The Morgan fingerprint density at radius 2 is 2.42 bits per heavy atom. The second-order valence-corrected chi connectivity index (χ2v) is 5.78. The Kier molecular flexibility index (Phi) is 3.52. The maximum atomic E-state index is 12.0. The van der Waals surface area contributed by atoms with E-state index in [2.05, 4.69) is 5.10 Å². The number of carbonyl (C=O) groups is 1. The van der Waals surface area contributed by atoms with Gasteiger partial charge in [-0.1, -0.05) is 0 Å². The van der Waals surface area contributed by atoms with Crippen LogP contribution in [0.25, 0.3) is 0 Å². The van der Waals surface area contributed by atoms with E-state index in [4.69, 9.17) is 10.5 Å². The average Bonchev–Trinajstić information content (AvgIpc) is 3.08. The maximum absolute atomic E-state index is 12.0. The number of hydrogen-bond acceptors (Lipinski definition) is 6. The predicted molar refractivity (Wildman–Crippen MR) is 75.4 cm³/mol. The topological polar surface area (TPSA) is 67.9 Å². The summed E-state index contributed by atoms with van der Waals surface area (Å²) in [7, 11) is 0. The SMILES string of the molecule is N[C@H]1CC[C@H](OC(=O)C2=NN(c3ccsc3)CC2)C1. The summed E-state index contributed by atoms with van der Waals surface area (Å²) < 4.78 is 5.46. The molecular formula is C13H17N3O2S. The zero-order valence-corrected chi connectivity index (χ0v) is 11.4. The van der Waals surface area contributed by atoms with Gasteiger partial charge in [0.2, 0.25) is 0 Å². The van der Waals surface area contributed by atoms with Crippen molar-refractivity contribution in [1.29, 1.82) is 0 Å². The highest BCUT2D eigenvalue weighted by atomic mass is 32.1. The van der Waals surface area contributed by atoms with Crippen LogP contribution in [0.1, 0.15) is 25.7 Å². The predicted octanol–water partition coefficient (Wildman–Crippen LogP) is 1.74. The number of hydrazone groups is 1. The fourth-order valence-corrected chi connectivity index (χ4v) is 3.13. The van der Waals surface area contributed by atoms with Crippen LogP contribution in [-0.4, -0.2) is 30.4 Å². The lowest BCUT2D eigenvalue weighted by molar-refractivity contribution is -0.140. The highest BCUT2D eigenvalue weighted by molar-refractivity contribution is 7.08. The number of anilines is 1. The minimum absolute atomic E-state index is 0.0274. The molecule has 0 amide bonds. The van der Waals surface area contributed by atoms with E-state index in [1.165, 1.54) is 0 Å². The van der Waals surface area contributed by atoms with E-state index in [0.717, 1.165) is 31.5 Å². The molecule has 1 aromatic heterocycles. The molecule has 0 unspecified atom stereocenters. The normalized spacial score (nSPS) is 26.6. The fraction of sp³-hybridized carbons (Fsp3) is 0.538. The lowest BCUT2D eigenvalue weighted by atomic mass is 10.2. The van der Waals surface area contributed by atoms with E-state index in [9.17, 15) is 4.79 Å². The van der Waals surface area contributed by atoms with Crippen LogP contribution in [0.2, 0.25) is 0 Å². The Labute approximate surface area is 116 Å². The zero-order chi connectivity index (χ0) is 13.2. The van der Waals surface area contributed by atoms with Crippen molar-refractivity contribution in [2.24, 2.45) is 10.8 Å². The molecule has 2 atom stereocenters. The number of nitrogens with two attached hydrogens (primary N) is 1. The van der Waals surface area contributed by atoms with Crippen LogP contribution in [-0.2, 0) is 9.53 Å². The van der Waals surface area contributed by atoms with Crippen molar-refractivity contribution in [2.45, 2.75) is 37.8 Å².